The van der Waals surface area contributed by atoms with E-state index in [4.69, 9.17) is 27.9 Å². The lowest BCUT2D eigenvalue weighted by Gasteiger charge is -2.12. The Kier molecular flexibility index (Phi) is 6.51. The molecule has 0 aromatic heterocycles. The lowest BCUT2D eigenvalue weighted by molar-refractivity contribution is 0.0955. The van der Waals surface area contributed by atoms with E-state index in [1.54, 1.807) is 30.5 Å². The third kappa shape index (κ3) is 5.05. The van der Waals surface area contributed by atoms with Gasteiger partial charge >= 0.3 is 0 Å². The Morgan fingerprint density at radius 3 is 2.45 bits per heavy atom. The average Bonchev–Trinajstić information content (AvgIpc) is 2.79. The number of hydrogen-bond donors (Lipinski definition) is 1. The van der Waals surface area contributed by atoms with E-state index in [-0.39, 0.29) is 5.91 Å². The number of rotatable bonds is 6. The molecule has 4 aromatic carbocycles. The number of nitrogens with one attached hydrogen (secondary N) is 1. The number of carbonyl (C=O) groups excluding carboxylic acids is 1. The molecule has 31 heavy (non-hydrogen) atoms. The molecule has 1 N–H and O–H groups in total. The largest absolute Gasteiger partial charge is 0.488 e. The maximum atomic E-state index is 12.4. The number of ether oxygens (including phenoxy) is 1. The van der Waals surface area contributed by atoms with Gasteiger partial charge in [-0.1, -0.05) is 77.8 Å². The van der Waals surface area contributed by atoms with Gasteiger partial charge in [0, 0.05) is 10.6 Å². The molecular weight excluding hydrogens is 431 g/mol. The van der Waals surface area contributed by atoms with E-state index >= 15 is 0 Å². The van der Waals surface area contributed by atoms with Crippen molar-refractivity contribution in [2.75, 3.05) is 0 Å². The van der Waals surface area contributed by atoms with Gasteiger partial charge in [0.05, 0.1) is 16.8 Å². The van der Waals surface area contributed by atoms with Gasteiger partial charge in [-0.05, 0) is 46.7 Å². The van der Waals surface area contributed by atoms with Crippen LogP contribution in [0.15, 0.2) is 90.0 Å². The Balaban J connectivity index is 1.59. The highest BCUT2D eigenvalue weighted by atomic mass is 35.5. The van der Waals surface area contributed by atoms with Crippen LogP contribution in [0.5, 0.6) is 5.75 Å². The van der Waals surface area contributed by atoms with Gasteiger partial charge in [0.1, 0.15) is 12.4 Å². The van der Waals surface area contributed by atoms with Gasteiger partial charge < -0.3 is 4.74 Å². The lowest BCUT2D eigenvalue weighted by atomic mass is 10.0. The van der Waals surface area contributed by atoms with Crippen LogP contribution >= 0.6 is 23.2 Å². The number of benzene rings is 4. The zero-order valence-electron chi connectivity index (χ0n) is 16.4. The Morgan fingerprint density at radius 1 is 0.903 bits per heavy atom. The second-order valence-electron chi connectivity index (χ2n) is 6.79. The molecule has 0 bridgehead atoms. The van der Waals surface area contributed by atoms with Crippen LogP contribution in [0.25, 0.3) is 10.8 Å². The van der Waals surface area contributed by atoms with Crippen molar-refractivity contribution in [3.8, 4) is 5.75 Å². The monoisotopic (exact) mass is 448 g/mol. The zero-order valence-corrected chi connectivity index (χ0v) is 17.9. The number of hydrogen-bond acceptors (Lipinski definition) is 3. The SMILES string of the molecule is O=C(N/N=C\c1c(OCc2ccc(Cl)cc2)ccc2ccccc12)c1ccccc1Cl. The van der Waals surface area contributed by atoms with Crippen LogP contribution in [0.4, 0.5) is 0 Å². The molecule has 0 radical (unpaired) electrons. The Morgan fingerprint density at radius 2 is 1.65 bits per heavy atom. The number of fused-ring (bicyclic) bond motifs is 1. The first-order chi connectivity index (χ1) is 15.1. The molecule has 0 saturated heterocycles. The van der Waals surface area contributed by atoms with E-state index in [2.05, 4.69) is 10.5 Å². The van der Waals surface area contributed by atoms with Crippen LogP contribution in [0, 0.1) is 0 Å². The summed E-state index contributed by atoms with van der Waals surface area (Å²) in [5.74, 6) is 0.273. The van der Waals surface area contributed by atoms with E-state index in [1.807, 2.05) is 60.7 Å². The zero-order chi connectivity index (χ0) is 21.6. The number of amides is 1. The third-order valence-electron chi connectivity index (χ3n) is 4.72. The van der Waals surface area contributed by atoms with E-state index in [1.165, 1.54) is 0 Å². The summed E-state index contributed by atoms with van der Waals surface area (Å²) < 4.78 is 6.06. The number of carbonyl (C=O) groups is 1. The first kappa shape index (κ1) is 20.9. The molecule has 4 aromatic rings. The van der Waals surface area contributed by atoms with Gasteiger partial charge in [-0.15, -0.1) is 0 Å². The van der Waals surface area contributed by atoms with Crippen LogP contribution in [0.3, 0.4) is 0 Å². The second kappa shape index (κ2) is 9.65. The maximum Gasteiger partial charge on any atom is 0.272 e. The molecule has 0 saturated carbocycles. The highest BCUT2D eigenvalue weighted by Crippen LogP contribution is 2.27. The number of nitrogens with zero attached hydrogens (tertiary/aromatic N) is 1. The molecule has 4 nitrogen and oxygen atoms in total. The fraction of sp³-hybridized carbons (Fsp3) is 0.0400. The summed E-state index contributed by atoms with van der Waals surface area (Å²) in [6.07, 6.45) is 1.59. The Hall–Kier alpha value is -3.34. The molecule has 0 heterocycles. The van der Waals surface area contributed by atoms with Crippen molar-refractivity contribution in [1.82, 2.24) is 5.43 Å². The van der Waals surface area contributed by atoms with Crippen LogP contribution in [0.2, 0.25) is 10.0 Å². The summed E-state index contributed by atoms with van der Waals surface area (Å²) in [6, 6.07) is 26.1. The fourth-order valence-electron chi connectivity index (χ4n) is 3.14. The van der Waals surface area contributed by atoms with Crippen molar-refractivity contribution < 1.29 is 9.53 Å². The van der Waals surface area contributed by atoms with Gasteiger partial charge in [-0.25, -0.2) is 5.43 Å². The van der Waals surface area contributed by atoms with Gasteiger partial charge in [0.15, 0.2) is 0 Å². The molecule has 0 fully saturated rings. The van der Waals surface area contributed by atoms with Gasteiger partial charge in [-0.3, -0.25) is 4.79 Å². The molecule has 0 atom stereocenters. The summed E-state index contributed by atoms with van der Waals surface area (Å²) in [7, 11) is 0. The molecule has 6 heteroatoms. The molecular formula is C25H18Cl2N2O2. The normalized spacial score (nSPS) is 11.0. The predicted octanol–water partition coefficient (Wildman–Crippen LogP) is 6.49. The second-order valence-corrected chi connectivity index (χ2v) is 7.64. The lowest BCUT2D eigenvalue weighted by Crippen LogP contribution is -2.18. The topological polar surface area (TPSA) is 50.7 Å². The van der Waals surface area contributed by atoms with E-state index in [0.29, 0.717) is 28.0 Å². The summed E-state index contributed by atoms with van der Waals surface area (Å²) in [4.78, 5) is 12.4. The minimum atomic E-state index is -0.384. The molecule has 0 aliphatic carbocycles. The number of halogens is 2. The molecule has 0 aliphatic rings. The molecule has 154 valence electrons. The number of hydrazone groups is 1. The van der Waals surface area contributed by atoms with Crippen LogP contribution < -0.4 is 10.2 Å². The summed E-state index contributed by atoms with van der Waals surface area (Å²) in [5.41, 5.74) is 4.66. The van der Waals surface area contributed by atoms with Crippen molar-refractivity contribution in [3.05, 3.63) is 112 Å². The smallest absolute Gasteiger partial charge is 0.272 e. The summed E-state index contributed by atoms with van der Waals surface area (Å²) >= 11 is 12.0. The van der Waals surface area contributed by atoms with Gasteiger partial charge in [0.2, 0.25) is 0 Å². The van der Waals surface area contributed by atoms with Crippen molar-refractivity contribution in [3.63, 3.8) is 0 Å². The molecule has 1 amide bonds. The molecule has 4 rings (SSSR count). The van der Waals surface area contributed by atoms with Gasteiger partial charge in [-0.2, -0.15) is 5.10 Å². The van der Waals surface area contributed by atoms with Crippen molar-refractivity contribution >= 4 is 46.1 Å². The minimum Gasteiger partial charge on any atom is -0.488 e. The van der Waals surface area contributed by atoms with Crippen molar-refractivity contribution in [2.45, 2.75) is 6.61 Å². The first-order valence-corrected chi connectivity index (χ1v) is 10.3. The standard InChI is InChI=1S/C25H18Cl2N2O2/c26-19-12-9-17(10-13-19)16-31-24-14-11-18-5-1-2-6-20(18)22(24)15-28-29-25(30)21-7-3-4-8-23(21)27/h1-15H,16H2,(H,29,30)/b28-15-. The van der Waals surface area contributed by atoms with Gasteiger partial charge in [0.25, 0.3) is 5.91 Å². The molecule has 0 unspecified atom stereocenters. The minimum absolute atomic E-state index is 0.360. The fourth-order valence-corrected chi connectivity index (χ4v) is 3.48. The first-order valence-electron chi connectivity index (χ1n) is 9.59. The predicted molar refractivity (Wildman–Crippen MR) is 126 cm³/mol. The maximum absolute atomic E-state index is 12.4. The molecule has 0 spiro atoms. The van der Waals surface area contributed by atoms with Crippen LogP contribution in [0.1, 0.15) is 21.5 Å². The van der Waals surface area contributed by atoms with E-state index < -0.39 is 0 Å². The third-order valence-corrected chi connectivity index (χ3v) is 5.30. The van der Waals surface area contributed by atoms with Crippen molar-refractivity contribution in [2.24, 2.45) is 5.10 Å². The summed E-state index contributed by atoms with van der Waals surface area (Å²) in [5, 5.41) is 7.21. The quantitative estimate of drug-likeness (QED) is 0.270. The van der Waals surface area contributed by atoms with E-state index in [9.17, 15) is 4.79 Å². The highest BCUT2D eigenvalue weighted by molar-refractivity contribution is 6.33. The molecule has 0 aliphatic heterocycles. The average molecular weight is 449 g/mol. The van der Waals surface area contributed by atoms with Crippen LogP contribution in [-0.2, 0) is 6.61 Å². The van der Waals surface area contributed by atoms with E-state index in [0.717, 1.165) is 21.9 Å². The van der Waals surface area contributed by atoms with Crippen LogP contribution in [-0.4, -0.2) is 12.1 Å². The Bertz CT molecular complexity index is 1250. The Labute approximate surface area is 190 Å². The van der Waals surface area contributed by atoms with Crippen molar-refractivity contribution in [1.29, 1.82) is 0 Å². The highest BCUT2D eigenvalue weighted by Gasteiger charge is 2.10. The summed E-state index contributed by atoms with van der Waals surface area (Å²) in [6.45, 7) is 0.377.